The van der Waals surface area contributed by atoms with E-state index in [2.05, 4.69) is 0 Å². The maximum atomic E-state index is 12.6. The van der Waals surface area contributed by atoms with Crippen molar-refractivity contribution in [3.8, 4) is 0 Å². The Morgan fingerprint density at radius 3 is 1.96 bits per heavy atom. The molecule has 0 bridgehead atoms. The van der Waals surface area contributed by atoms with E-state index in [1.54, 1.807) is 61.5 Å². The van der Waals surface area contributed by atoms with Crippen LogP contribution in [0.1, 0.15) is 29.5 Å². The van der Waals surface area contributed by atoms with Gasteiger partial charge in [0.05, 0.1) is 25.4 Å². The second-order valence-electron chi connectivity index (χ2n) is 5.61. The van der Waals surface area contributed by atoms with Gasteiger partial charge in [0.2, 0.25) is 0 Å². The lowest BCUT2D eigenvalue weighted by atomic mass is 9.88. The summed E-state index contributed by atoms with van der Waals surface area (Å²) in [6.07, 6.45) is 0.786. The van der Waals surface area contributed by atoms with Crippen molar-refractivity contribution in [2.24, 2.45) is 0 Å². The molecule has 0 saturated heterocycles. The van der Waals surface area contributed by atoms with E-state index in [4.69, 9.17) is 9.47 Å². The van der Waals surface area contributed by atoms with Gasteiger partial charge in [-0.05, 0) is 16.7 Å². The molecular weight excluding hydrogens is 332 g/mol. The van der Waals surface area contributed by atoms with E-state index in [1.165, 1.54) is 14.2 Å². The molecule has 0 aromatic heterocycles. The number of aldehydes is 1. The van der Waals surface area contributed by atoms with Crippen molar-refractivity contribution < 1.29 is 23.9 Å². The third kappa shape index (κ3) is 3.88. The van der Waals surface area contributed by atoms with Crippen molar-refractivity contribution in [1.29, 1.82) is 0 Å². The van der Waals surface area contributed by atoms with Crippen LogP contribution < -0.4 is 0 Å². The van der Waals surface area contributed by atoms with E-state index < -0.39 is 17.9 Å². The molecule has 0 saturated carbocycles. The predicted molar refractivity (Wildman–Crippen MR) is 98.2 cm³/mol. The van der Waals surface area contributed by atoms with Gasteiger partial charge in [0, 0.05) is 5.92 Å². The Kier molecular flexibility index (Phi) is 6.44. The molecule has 2 aromatic carbocycles. The molecular formula is C21H20O5. The average molecular weight is 352 g/mol. The summed E-state index contributed by atoms with van der Waals surface area (Å²) in [6.45, 7) is 1.72. The highest BCUT2D eigenvalue weighted by Crippen LogP contribution is 2.33. The van der Waals surface area contributed by atoms with Crippen LogP contribution in [-0.2, 0) is 23.9 Å². The topological polar surface area (TPSA) is 69.7 Å². The Bertz CT molecular complexity index is 836. The van der Waals surface area contributed by atoms with Gasteiger partial charge in [-0.3, -0.25) is 0 Å². The Hall–Kier alpha value is -3.21. The van der Waals surface area contributed by atoms with Gasteiger partial charge in [-0.15, -0.1) is 0 Å². The molecule has 2 aromatic rings. The van der Waals surface area contributed by atoms with Gasteiger partial charge in [-0.25, -0.2) is 9.59 Å². The van der Waals surface area contributed by atoms with Crippen molar-refractivity contribution >= 4 is 29.4 Å². The maximum absolute atomic E-state index is 12.6. The van der Waals surface area contributed by atoms with E-state index in [-0.39, 0.29) is 11.1 Å². The van der Waals surface area contributed by atoms with Crippen LogP contribution in [0.5, 0.6) is 0 Å². The molecule has 0 spiro atoms. The lowest BCUT2D eigenvalue weighted by Crippen LogP contribution is -2.15. The fourth-order valence-electron chi connectivity index (χ4n) is 2.71. The SMILES string of the molecule is COC(=O)/C(=C(/C(=O)OC)c1ccccc1C(C)C=O)c1ccccc1. The molecule has 0 amide bonds. The van der Waals surface area contributed by atoms with E-state index in [0.29, 0.717) is 16.7 Å². The van der Waals surface area contributed by atoms with Crippen molar-refractivity contribution in [3.63, 3.8) is 0 Å². The summed E-state index contributed by atoms with van der Waals surface area (Å²) < 4.78 is 9.86. The van der Waals surface area contributed by atoms with Gasteiger partial charge in [0.1, 0.15) is 6.29 Å². The molecule has 0 fully saturated rings. The van der Waals surface area contributed by atoms with Crippen LogP contribution >= 0.6 is 0 Å². The van der Waals surface area contributed by atoms with Crippen LogP contribution in [0.2, 0.25) is 0 Å². The first-order valence-electron chi connectivity index (χ1n) is 8.06. The number of rotatable bonds is 6. The van der Waals surface area contributed by atoms with Crippen molar-refractivity contribution in [3.05, 3.63) is 71.3 Å². The fourth-order valence-corrected chi connectivity index (χ4v) is 2.71. The summed E-state index contributed by atoms with van der Waals surface area (Å²) in [4.78, 5) is 36.5. The zero-order valence-electron chi connectivity index (χ0n) is 14.9. The summed E-state index contributed by atoms with van der Waals surface area (Å²) >= 11 is 0. The number of carbonyl (C=O) groups is 3. The minimum atomic E-state index is -0.681. The third-order valence-electron chi connectivity index (χ3n) is 4.02. The zero-order chi connectivity index (χ0) is 19.1. The number of benzene rings is 2. The molecule has 0 aliphatic carbocycles. The standard InChI is InChI=1S/C21H20O5/c1-14(13-22)16-11-7-8-12-17(16)19(21(24)26-3)18(20(23)25-2)15-9-5-4-6-10-15/h4-14H,1-3H3/b19-18+. The third-order valence-corrected chi connectivity index (χ3v) is 4.02. The Balaban J connectivity index is 2.89. The smallest absolute Gasteiger partial charge is 0.339 e. The van der Waals surface area contributed by atoms with Gasteiger partial charge in [0.25, 0.3) is 0 Å². The van der Waals surface area contributed by atoms with Crippen molar-refractivity contribution in [2.75, 3.05) is 14.2 Å². The number of hydrogen-bond acceptors (Lipinski definition) is 5. The van der Waals surface area contributed by atoms with Crippen LogP contribution in [-0.4, -0.2) is 32.4 Å². The molecule has 134 valence electrons. The second kappa shape index (κ2) is 8.76. The maximum Gasteiger partial charge on any atom is 0.339 e. The Labute approximate surface area is 152 Å². The van der Waals surface area contributed by atoms with Crippen LogP contribution in [0.3, 0.4) is 0 Å². The number of carbonyl (C=O) groups excluding carboxylic acids is 3. The number of ether oxygens (including phenoxy) is 2. The first kappa shape index (κ1) is 19.1. The summed E-state index contributed by atoms with van der Waals surface area (Å²) in [5.41, 5.74) is 1.76. The first-order valence-corrected chi connectivity index (χ1v) is 8.06. The predicted octanol–water partition coefficient (Wildman–Crippen LogP) is 3.25. The quantitative estimate of drug-likeness (QED) is 0.345. The van der Waals surface area contributed by atoms with Gasteiger partial charge in [-0.2, -0.15) is 0 Å². The second-order valence-corrected chi connectivity index (χ2v) is 5.61. The van der Waals surface area contributed by atoms with E-state index in [1.807, 2.05) is 0 Å². The van der Waals surface area contributed by atoms with Crippen LogP contribution in [0, 0.1) is 0 Å². The van der Waals surface area contributed by atoms with E-state index in [9.17, 15) is 14.4 Å². The largest absolute Gasteiger partial charge is 0.465 e. The first-order chi connectivity index (χ1) is 12.5. The van der Waals surface area contributed by atoms with Crippen LogP contribution in [0.15, 0.2) is 54.6 Å². The number of esters is 2. The lowest BCUT2D eigenvalue weighted by molar-refractivity contribution is -0.135. The minimum absolute atomic E-state index is 0.0647. The summed E-state index contributed by atoms with van der Waals surface area (Å²) in [7, 11) is 2.49. The molecule has 5 nitrogen and oxygen atoms in total. The fraction of sp³-hybridized carbons (Fsp3) is 0.190. The molecule has 0 heterocycles. The highest BCUT2D eigenvalue weighted by molar-refractivity contribution is 6.37. The Morgan fingerprint density at radius 2 is 1.38 bits per heavy atom. The van der Waals surface area contributed by atoms with E-state index >= 15 is 0 Å². The van der Waals surface area contributed by atoms with Gasteiger partial charge in [-0.1, -0.05) is 61.5 Å². The molecule has 0 aliphatic heterocycles. The molecule has 0 aliphatic rings. The van der Waals surface area contributed by atoms with E-state index in [0.717, 1.165) is 6.29 Å². The molecule has 2 rings (SSSR count). The minimum Gasteiger partial charge on any atom is -0.465 e. The van der Waals surface area contributed by atoms with Gasteiger partial charge >= 0.3 is 11.9 Å². The molecule has 0 radical (unpaired) electrons. The highest BCUT2D eigenvalue weighted by Gasteiger charge is 2.27. The lowest BCUT2D eigenvalue weighted by Gasteiger charge is -2.17. The van der Waals surface area contributed by atoms with Gasteiger partial charge < -0.3 is 14.3 Å². The monoisotopic (exact) mass is 352 g/mol. The molecule has 1 atom stereocenters. The van der Waals surface area contributed by atoms with Crippen LogP contribution in [0.25, 0.3) is 11.1 Å². The zero-order valence-corrected chi connectivity index (χ0v) is 14.9. The molecule has 1 unspecified atom stereocenters. The highest BCUT2D eigenvalue weighted by atomic mass is 16.5. The number of hydrogen-bond donors (Lipinski definition) is 0. The Morgan fingerprint density at radius 1 is 0.846 bits per heavy atom. The average Bonchev–Trinajstić information content (AvgIpc) is 2.70. The normalized spacial score (nSPS) is 12.6. The van der Waals surface area contributed by atoms with Crippen molar-refractivity contribution in [1.82, 2.24) is 0 Å². The molecule has 26 heavy (non-hydrogen) atoms. The number of methoxy groups -OCH3 is 2. The van der Waals surface area contributed by atoms with Crippen LogP contribution in [0.4, 0.5) is 0 Å². The summed E-state index contributed by atoms with van der Waals surface area (Å²) in [5.74, 6) is -1.80. The van der Waals surface area contributed by atoms with Gasteiger partial charge in [0.15, 0.2) is 0 Å². The molecule has 0 N–H and O–H groups in total. The molecule has 5 heteroatoms. The van der Waals surface area contributed by atoms with Crippen molar-refractivity contribution in [2.45, 2.75) is 12.8 Å². The summed E-state index contributed by atoms with van der Waals surface area (Å²) in [5, 5.41) is 0. The summed E-state index contributed by atoms with van der Waals surface area (Å²) in [6, 6.07) is 15.7.